The lowest BCUT2D eigenvalue weighted by Gasteiger charge is -2.39. The molecule has 23 heavy (non-hydrogen) atoms. The fraction of sp³-hybridized carbons (Fsp3) is 0.600. The van der Waals surface area contributed by atoms with E-state index in [-0.39, 0.29) is 22.8 Å². The number of aliphatic hydroxyl groups excluding tert-OH is 1. The third-order valence-electron chi connectivity index (χ3n) is 3.95. The van der Waals surface area contributed by atoms with Gasteiger partial charge in [-0.1, -0.05) is 0 Å². The van der Waals surface area contributed by atoms with E-state index in [9.17, 15) is 13.9 Å². The smallest absolute Gasteiger partial charge is 0.289 e. The van der Waals surface area contributed by atoms with Gasteiger partial charge in [-0.25, -0.2) is 8.78 Å². The van der Waals surface area contributed by atoms with Crippen LogP contribution >= 0.6 is 0 Å². The number of piperazine rings is 1. The molecule has 0 radical (unpaired) electrons. The lowest BCUT2D eigenvalue weighted by molar-refractivity contribution is -0.118. The highest BCUT2D eigenvalue weighted by Gasteiger charge is 2.44. The molecular weight excluding hydrogens is 310 g/mol. The summed E-state index contributed by atoms with van der Waals surface area (Å²) in [5.74, 6) is -3.49. The molecule has 0 bridgehead atoms. The van der Waals surface area contributed by atoms with E-state index in [0.717, 1.165) is 0 Å². The highest BCUT2D eigenvalue weighted by molar-refractivity contribution is 5.53. The summed E-state index contributed by atoms with van der Waals surface area (Å²) in [4.78, 5) is 1.61. The zero-order valence-corrected chi connectivity index (χ0v) is 13.2. The maximum atomic E-state index is 14.4. The number of halogens is 2. The van der Waals surface area contributed by atoms with Crippen LogP contribution in [0.25, 0.3) is 0 Å². The second-order valence-electron chi connectivity index (χ2n) is 5.38. The van der Waals surface area contributed by atoms with Gasteiger partial charge in [0.2, 0.25) is 5.75 Å². The molecule has 130 valence electrons. The van der Waals surface area contributed by atoms with Crippen LogP contribution in [0, 0.1) is 0 Å². The van der Waals surface area contributed by atoms with Crippen molar-refractivity contribution < 1.29 is 28.5 Å². The molecule has 1 fully saturated rings. The summed E-state index contributed by atoms with van der Waals surface area (Å²) in [7, 11) is 2.67. The number of aliphatic hydroxyl groups is 1. The Bertz CT molecular complexity index is 511. The number of hydrogen-bond donors (Lipinski definition) is 3. The third kappa shape index (κ3) is 3.65. The van der Waals surface area contributed by atoms with Gasteiger partial charge in [-0.15, -0.1) is 0 Å². The van der Waals surface area contributed by atoms with Crippen molar-refractivity contribution >= 4 is 0 Å². The summed E-state index contributed by atoms with van der Waals surface area (Å²) in [6.07, 6.45) is 0. The number of benzene rings is 1. The monoisotopic (exact) mass is 332 g/mol. The van der Waals surface area contributed by atoms with Crippen molar-refractivity contribution in [3.8, 4) is 17.2 Å². The van der Waals surface area contributed by atoms with Gasteiger partial charge in [0, 0.05) is 26.2 Å². The van der Waals surface area contributed by atoms with Crippen LogP contribution < -0.4 is 14.8 Å². The summed E-state index contributed by atoms with van der Waals surface area (Å²) in [5, 5.41) is 22.2. The molecule has 0 spiro atoms. The number of phenols is 1. The number of ether oxygens (including phenoxy) is 2. The first-order valence-electron chi connectivity index (χ1n) is 7.33. The Kier molecular flexibility index (Phi) is 5.61. The van der Waals surface area contributed by atoms with Gasteiger partial charge in [-0.05, 0) is 17.7 Å². The summed E-state index contributed by atoms with van der Waals surface area (Å²) < 4.78 is 38.9. The highest BCUT2D eigenvalue weighted by Crippen LogP contribution is 2.44. The van der Waals surface area contributed by atoms with Crippen LogP contribution in [0.15, 0.2) is 12.1 Å². The largest absolute Gasteiger partial charge is 0.502 e. The van der Waals surface area contributed by atoms with Crippen LogP contribution in [-0.2, 0) is 0 Å². The molecule has 3 N–H and O–H groups in total. The van der Waals surface area contributed by atoms with Gasteiger partial charge in [0.05, 0.1) is 14.2 Å². The Labute approximate surface area is 133 Å². The molecule has 1 heterocycles. The lowest BCUT2D eigenvalue weighted by Crippen LogP contribution is -2.51. The minimum atomic E-state index is -3.34. The van der Waals surface area contributed by atoms with Gasteiger partial charge >= 0.3 is 0 Å². The van der Waals surface area contributed by atoms with Crippen molar-refractivity contribution in [3.05, 3.63) is 17.7 Å². The Morgan fingerprint density at radius 2 is 1.74 bits per heavy atom. The maximum absolute atomic E-state index is 14.4. The molecular formula is C15H22F2N2O4. The van der Waals surface area contributed by atoms with Gasteiger partial charge in [-0.2, -0.15) is 0 Å². The van der Waals surface area contributed by atoms with Crippen LogP contribution in [0.1, 0.15) is 11.6 Å². The topological polar surface area (TPSA) is 74.2 Å². The molecule has 1 aromatic rings. The number of nitrogens with one attached hydrogen (secondary N) is 1. The molecule has 1 saturated heterocycles. The zero-order valence-electron chi connectivity index (χ0n) is 13.2. The fourth-order valence-electron chi connectivity index (χ4n) is 2.82. The van der Waals surface area contributed by atoms with Gasteiger partial charge in [0.15, 0.2) is 11.5 Å². The normalized spacial score (nSPS) is 17.8. The van der Waals surface area contributed by atoms with Crippen LogP contribution in [0.4, 0.5) is 8.78 Å². The quantitative estimate of drug-likeness (QED) is 0.721. The van der Waals surface area contributed by atoms with Crippen molar-refractivity contribution in [3.63, 3.8) is 0 Å². The molecule has 0 amide bonds. The molecule has 0 aliphatic carbocycles. The Morgan fingerprint density at radius 1 is 1.22 bits per heavy atom. The van der Waals surface area contributed by atoms with Crippen molar-refractivity contribution in [2.75, 3.05) is 47.0 Å². The molecule has 0 unspecified atom stereocenters. The Balaban J connectivity index is 2.50. The molecule has 8 heteroatoms. The summed E-state index contributed by atoms with van der Waals surface area (Å²) in [6, 6.07) is 1.38. The number of hydrogen-bond acceptors (Lipinski definition) is 6. The van der Waals surface area contributed by atoms with Crippen LogP contribution in [-0.4, -0.2) is 68.0 Å². The highest BCUT2D eigenvalue weighted by atomic mass is 19.3. The molecule has 6 nitrogen and oxygen atoms in total. The molecule has 1 aliphatic heterocycles. The summed E-state index contributed by atoms with van der Waals surface area (Å²) in [6.45, 7) is 0.749. The fourth-order valence-corrected chi connectivity index (χ4v) is 2.82. The van der Waals surface area contributed by atoms with Gasteiger partial charge in [0.25, 0.3) is 5.92 Å². The number of alkyl halides is 2. The predicted octanol–water partition coefficient (Wildman–Crippen LogP) is 0.983. The third-order valence-corrected chi connectivity index (χ3v) is 3.95. The Hall–Kier alpha value is -1.64. The van der Waals surface area contributed by atoms with E-state index in [1.54, 1.807) is 4.90 Å². The van der Waals surface area contributed by atoms with Crippen molar-refractivity contribution in [2.24, 2.45) is 0 Å². The molecule has 1 atom stereocenters. The standard InChI is InChI=1S/C15H22F2N2O4/c1-22-11-7-10(8-12(23-2)13(11)21)14(15(16,17)9-20)19-5-3-18-4-6-19/h7-8,14,18,20-21H,3-6,9H2,1-2H3/t14-/m1/s1. The number of rotatable bonds is 6. The first-order chi connectivity index (χ1) is 10.9. The summed E-state index contributed by atoms with van der Waals surface area (Å²) in [5.41, 5.74) is 0.220. The van der Waals surface area contributed by atoms with E-state index in [2.05, 4.69) is 5.32 Å². The molecule has 2 rings (SSSR count). The SMILES string of the molecule is COc1cc([C@@H](N2CCNCC2)C(F)(F)CO)cc(OC)c1O. The Morgan fingerprint density at radius 3 is 2.17 bits per heavy atom. The maximum Gasteiger partial charge on any atom is 0.289 e. The number of nitrogens with zero attached hydrogens (tertiary/aromatic N) is 1. The summed E-state index contributed by atoms with van der Waals surface area (Å²) >= 11 is 0. The second-order valence-corrected chi connectivity index (χ2v) is 5.38. The van der Waals surface area contributed by atoms with Crippen LogP contribution in [0.5, 0.6) is 17.2 Å². The first kappa shape index (κ1) is 17.7. The van der Waals surface area contributed by atoms with Crippen molar-refractivity contribution in [2.45, 2.75) is 12.0 Å². The lowest BCUT2D eigenvalue weighted by atomic mass is 9.97. The zero-order chi connectivity index (χ0) is 17.0. The van der Waals surface area contributed by atoms with Gasteiger partial charge in [-0.3, -0.25) is 4.90 Å². The molecule has 0 saturated carbocycles. The van der Waals surface area contributed by atoms with Crippen LogP contribution in [0.2, 0.25) is 0 Å². The van der Waals surface area contributed by atoms with E-state index in [1.165, 1.54) is 26.4 Å². The molecule has 1 aliphatic rings. The average molecular weight is 332 g/mol. The van der Waals surface area contributed by atoms with Crippen molar-refractivity contribution in [1.29, 1.82) is 0 Å². The number of aromatic hydroxyl groups is 1. The minimum Gasteiger partial charge on any atom is -0.502 e. The van der Waals surface area contributed by atoms with E-state index < -0.39 is 18.6 Å². The minimum absolute atomic E-state index is 0.0493. The van der Waals surface area contributed by atoms with Crippen molar-refractivity contribution in [1.82, 2.24) is 10.2 Å². The van der Waals surface area contributed by atoms with E-state index >= 15 is 0 Å². The second kappa shape index (κ2) is 7.29. The molecule has 0 aromatic heterocycles. The number of phenolic OH excluding ortho intramolecular Hbond substituents is 1. The van der Waals surface area contributed by atoms with Crippen LogP contribution in [0.3, 0.4) is 0 Å². The van der Waals surface area contributed by atoms with Gasteiger partial charge in [0.1, 0.15) is 12.6 Å². The van der Waals surface area contributed by atoms with E-state index in [1.807, 2.05) is 0 Å². The number of methoxy groups -OCH3 is 2. The van der Waals surface area contributed by atoms with E-state index in [4.69, 9.17) is 14.6 Å². The first-order valence-corrected chi connectivity index (χ1v) is 7.33. The predicted molar refractivity (Wildman–Crippen MR) is 80.4 cm³/mol. The average Bonchev–Trinajstić information content (AvgIpc) is 2.57. The molecule has 1 aromatic carbocycles. The van der Waals surface area contributed by atoms with Gasteiger partial charge < -0.3 is 25.0 Å². The van der Waals surface area contributed by atoms with E-state index in [0.29, 0.717) is 26.2 Å².